The van der Waals surface area contributed by atoms with Gasteiger partial charge in [0.15, 0.2) is 6.61 Å². The van der Waals surface area contributed by atoms with E-state index in [0.29, 0.717) is 6.04 Å². The molecular weight excluding hydrogens is 250 g/mol. The molecule has 2 unspecified atom stereocenters. The highest BCUT2D eigenvalue weighted by molar-refractivity contribution is 5.27. The van der Waals surface area contributed by atoms with E-state index in [1.54, 1.807) is 0 Å². The summed E-state index contributed by atoms with van der Waals surface area (Å²) in [6.45, 7) is 3.56. The minimum Gasteiger partial charge on any atom is -0.479 e. The van der Waals surface area contributed by atoms with Crippen LogP contribution in [0.4, 0.5) is 0 Å². The Bertz CT molecular complexity index is 479. The van der Waals surface area contributed by atoms with Crippen LogP contribution >= 0.6 is 0 Å². The maximum atomic E-state index is 8.47. The second kappa shape index (κ2) is 6.25. The number of benzene rings is 1. The first-order chi connectivity index (χ1) is 9.86. The van der Waals surface area contributed by atoms with Crippen LogP contribution < -0.4 is 10.1 Å². The van der Waals surface area contributed by atoms with E-state index in [9.17, 15) is 0 Å². The molecule has 2 aliphatic rings. The maximum absolute atomic E-state index is 8.47. The Kier molecular flexibility index (Phi) is 4.19. The van der Waals surface area contributed by atoms with E-state index >= 15 is 0 Å². The number of nitrogens with zero attached hydrogens (tertiary/aromatic N) is 2. The first kappa shape index (κ1) is 13.4. The van der Waals surface area contributed by atoms with Gasteiger partial charge < -0.3 is 10.1 Å². The molecule has 0 amide bonds. The van der Waals surface area contributed by atoms with Crippen molar-refractivity contribution >= 4 is 0 Å². The lowest BCUT2D eigenvalue weighted by atomic mass is 10.1. The number of ether oxygens (including phenoxy) is 1. The van der Waals surface area contributed by atoms with Crippen molar-refractivity contribution in [2.75, 3.05) is 19.7 Å². The molecule has 20 heavy (non-hydrogen) atoms. The summed E-state index contributed by atoms with van der Waals surface area (Å²) < 4.78 is 5.26. The minimum atomic E-state index is 0.108. The second-order valence-electron chi connectivity index (χ2n) is 5.61. The van der Waals surface area contributed by atoms with Gasteiger partial charge in [0.05, 0.1) is 0 Å². The molecule has 2 atom stereocenters. The molecule has 0 radical (unpaired) electrons. The van der Waals surface area contributed by atoms with Crippen LogP contribution in [-0.4, -0.2) is 36.7 Å². The topological polar surface area (TPSA) is 48.3 Å². The van der Waals surface area contributed by atoms with Gasteiger partial charge in [-0.3, -0.25) is 4.90 Å². The molecule has 2 heterocycles. The number of rotatable bonds is 5. The molecule has 4 nitrogen and oxygen atoms in total. The molecule has 0 bridgehead atoms. The van der Waals surface area contributed by atoms with E-state index in [2.05, 4.69) is 22.3 Å². The van der Waals surface area contributed by atoms with Crippen LogP contribution in [-0.2, 0) is 6.54 Å². The van der Waals surface area contributed by atoms with Crippen molar-refractivity contribution in [2.45, 2.75) is 37.9 Å². The second-order valence-corrected chi connectivity index (χ2v) is 5.61. The van der Waals surface area contributed by atoms with Gasteiger partial charge in [-0.25, -0.2) is 0 Å². The summed E-state index contributed by atoms with van der Waals surface area (Å²) in [6, 6.07) is 11.4. The summed E-state index contributed by atoms with van der Waals surface area (Å²) in [5.74, 6) is 0.762. The molecule has 0 aromatic heterocycles. The van der Waals surface area contributed by atoms with Gasteiger partial charge in [0.2, 0.25) is 0 Å². The zero-order valence-electron chi connectivity index (χ0n) is 11.7. The van der Waals surface area contributed by atoms with E-state index in [-0.39, 0.29) is 6.61 Å². The van der Waals surface area contributed by atoms with Gasteiger partial charge in [0, 0.05) is 25.2 Å². The zero-order valence-corrected chi connectivity index (χ0v) is 11.7. The molecule has 1 aromatic carbocycles. The molecule has 0 aliphatic carbocycles. The Morgan fingerprint density at radius 3 is 2.90 bits per heavy atom. The maximum Gasteiger partial charge on any atom is 0.174 e. The lowest BCUT2D eigenvalue weighted by molar-refractivity contribution is 0.298. The number of nitrogens with one attached hydrogen (secondary N) is 1. The largest absolute Gasteiger partial charge is 0.479 e. The van der Waals surface area contributed by atoms with Crippen molar-refractivity contribution in [1.82, 2.24) is 10.2 Å². The molecule has 106 valence electrons. The zero-order chi connectivity index (χ0) is 13.8. The van der Waals surface area contributed by atoms with Crippen LogP contribution in [0.5, 0.6) is 5.75 Å². The summed E-state index contributed by atoms with van der Waals surface area (Å²) >= 11 is 0. The highest BCUT2D eigenvalue weighted by Gasteiger charge is 2.36. The first-order valence-corrected chi connectivity index (χ1v) is 7.43. The van der Waals surface area contributed by atoms with Gasteiger partial charge in [-0.2, -0.15) is 5.26 Å². The van der Waals surface area contributed by atoms with Crippen LogP contribution in [0.1, 0.15) is 24.8 Å². The van der Waals surface area contributed by atoms with E-state index in [1.807, 2.05) is 18.2 Å². The van der Waals surface area contributed by atoms with Crippen molar-refractivity contribution < 1.29 is 4.74 Å². The SMILES string of the molecule is N#CCOc1ccc(CNC2CCN3CCCC23)cc1. The molecule has 0 saturated carbocycles. The van der Waals surface area contributed by atoms with E-state index in [0.717, 1.165) is 18.3 Å². The highest BCUT2D eigenvalue weighted by atomic mass is 16.5. The standard InChI is InChI=1S/C16H21N3O/c17-8-11-20-14-5-3-13(4-6-14)12-18-15-7-10-19-9-1-2-16(15)19/h3-6,15-16,18H,1-2,7,9-12H2. The average Bonchev–Trinajstić information content (AvgIpc) is 3.08. The van der Waals surface area contributed by atoms with Gasteiger partial charge in [0.1, 0.15) is 11.8 Å². The van der Waals surface area contributed by atoms with Crippen molar-refractivity contribution in [3.05, 3.63) is 29.8 Å². The van der Waals surface area contributed by atoms with Crippen molar-refractivity contribution in [2.24, 2.45) is 0 Å². The van der Waals surface area contributed by atoms with Crippen LogP contribution in [0.25, 0.3) is 0 Å². The lowest BCUT2D eigenvalue weighted by Crippen LogP contribution is -2.38. The van der Waals surface area contributed by atoms with Crippen LogP contribution in [0.3, 0.4) is 0 Å². The molecule has 0 spiro atoms. The van der Waals surface area contributed by atoms with Crippen molar-refractivity contribution in [3.8, 4) is 11.8 Å². The third kappa shape index (κ3) is 2.95. The van der Waals surface area contributed by atoms with E-state index < -0.39 is 0 Å². The summed E-state index contributed by atoms with van der Waals surface area (Å²) in [7, 11) is 0. The van der Waals surface area contributed by atoms with Crippen LogP contribution in [0, 0.1) is 11.3 Å². The van der Waals surface area contributed by atoms with Crippen LogP contribution in [0.15, 0.2) is 24.3 Å². The molecule has 1 aromatic rings. The fraction of sp³-hybridized carbons (Fsp3) is 0.562. The Morgan fingerprint density at radius 1 is 1.25 bits per heavy atom. The highest BCUT2D eigenvalue weighted by Crippen LogP contribution is 2.28. The van der Waals surface area contributed by atoms with Crippen LogP contribution in [0.2, 0.25) is 0 Å². The smallest absolute Gasteiger partial charge is 0.174 e. The molecule has 4 heteroatoms. The Balaban J connectivity index is 1.50. The molecule has 2 aliphatic heterocycles. The predicted octanol–water partition coefficient (Wildman–Crippen LogP) is 1.92. The predicted molar refractivity (Wildman–Crippen MR) is 77.4 cm³/mol. The van der Waals surface area contributed by atoms with Gasteiger partial charge in [-0.1, -0.05) is 12.1 Å². The molecule has 2 saturated heterocycles. The number of nitriles is 1. The van der Waals surface area contributed by atoms with Gasteiger partial charge in [-0.15, -0.1) is 0 Å². The Hall–Kier alpha value is -1.57. The number of fused-ring (bicyclic) bond motifs is 1. The summed E-state index contributed by atoms with van der Waals surface area (Å²) in [4.78, 5) is 2.62. The normalized spacial score (nSPS) is 25.4. The summed E-state index contributed by atoms with van der Waals surface area (Å²) in [5.41, 5.74) is 1.27. The first-order valence-electron chi connectivity index (χ1n) is 7.43. The van der Waals surface area contributed by atoms with Crippen molar-refractivity contribution in [3.63, 3.8) is 0 Å². The summed E-state index contributed by atoms with van der Waals surface area (Å²) in [5, 5.41) is 12.2. The lowest BCUT2D eigenvalue weighted by Gasteiger charge is -2.21. The number of hydrogen-bond donors (Lipinski definition) is 1. The fourth-order valence-corrected chi connectivity index (χ4v) is 3.39. The van der Waals surface area contributed by atoms with E-state index in [4.69, 9.17) is 10.00 Å². The van der Waals surface area contributed by atoms with Gasteiger partial charge in [0.25, 0.3) is 0 Å². The molecular formula is C16H21N3O. The third-order valence-corrected chi connectivity index (χ3v) is 4.40. The number of hydrogen-bond acceptors (Lipinski definition) is 4. The van der Waals surface area contributed by atoms with E-state index in [1.165, 1.54) is 37.9 Å². The quantitative estimate of drug-likeness (QED) is 0.889. The fourth-order valence-electron chi connectivity index (χ4n) is 3.39. The van der Waals surface area contributed by atoms with Crippen molar-refractivity contribution in [1.29, 1.82) is 5.26 Å². The summed E-state index contributed by atoms with van der Waals surface area (Å²) in [6.07, 6.45) is 3.97. The minimum absolute atomic E-state index is 0.108. The van der Waals surface area contributed by atoms with Gasteiger partial charge in [-0.05, 0) is 43.5 Å². The Morgan fingerprint density at radius 2 is 2.10 bits per heavy atom. The Labute approximate surface area is 120 Å². The molecule has 1 N–H and O–H groups in total. The van der Waals surface area contributed by atoms with Gasteiger partial charge >= 0.3 is 0 Å². The molecule has 3 rings (SSSR count). The third-order valence-electron chi connectivity index (χ3n) is 4.40. The molecule has 2 fully saturated rings. The monoisotopic (exact) mass is 271 g/mol. The average molecular weight is 271 g/mol.